The molecule has 2 aromatic heterocycles. The van der Waals surface area contributed by atoms with Gasteiger partial charge in [0.1, 0.15) is 11.3 Å². The van der Waals surface area contributed by atoms with Gasteiger partial charge in [-0.25, -0.2) is 0 Å². The van der Waals surface area contributed by atoms with Crippen LogP contribution >= 0.6 is 0 Å². The van der Waals surface area contributed by atoms with Gasteiger partial charge in [-0.2, -0.15) is 0 Å². The number of hydrogen-bond donors (Lipinski definition) is 2. The minimum atomic E-state index is -0.202. The van der Waals surface area contributed by atoms with E-state index in [1.54, 1.807) is 6.26 Å². The SMILES string of the molecule is C[C@H](NC(=O)C[NH2+][C@H](c1ccccc1)c1ccco1)c1cc2ccccc2o1. The molecular weight excluding hydrogens is 352 g/mol. The van der Waals surface area contributed by atoms with Gasteiger partial charge in [-0.1, -0.05) is 48.5 Å². The lowest BCUT2D eigenvalue weighted by molar-refractivity contribution is -0.678. The van der Waals surface area contributed by atoms with Gasteiger partial charge >= 0.3 is 0 Å². The van der Waals surface area contributed by atoms with Crippen molar-refractivity contribution in [3.8, 4) is 0 Å². The first-order valence-corrected chi connectivity index (χ1v) is 9.40. The molecule has 0 aliphatic carbocycles. The van der Waals surface area contributed by atoms with Crippen LogP contribution in [0.4, 0.5) is 0 Å². The molecule has 0 radical (unpaired) electrons. The molecule has 0 bridgehead atoms. The molecule has 0 spiro atoms. The number of carbonyl (C=O) groups excluding carboxylic acids is 1. The lowest BCUT2D eigenvalue weighted by Crippen LogP contribution is -2.87. The van der Waals surface area contributed by atoms with E-state index in [4.69, 9.17) is 8.83 Å². The van der Waals surface area contributed by atoms with Crippen LogP contribution < -0.4 is 10.6 Å². The van der Waals surface area contributed by atoms with Crippen molar-refractivity contribution >= 4 is 16.9 Å². The zero-order chi connectivity index (χ0) is 19.3. The lowest BCUT2D eigenvalue weighted by Gasteiger charge is -2.15. The third-order valence-corrected chi connectivity index (χ3v) is 4.80. The van der Waals surface area contributed by atoms with Crippen LogP contribution in [-0.4, -0.2) is 12.5 Å². The highest BCUT2D eigenvalue weighted by Gasteiger charge is 2.22. The number of quaternary nitrogens is 1. The Bertz CT molecular complexity index is 1010. The molecule has 5 heteroatoms. The van der Waals surface area contributed by atoms with Crippen LogP contribution in [-0.2, 0) is 4.79 Å². The number of rotatable bonds is 7. The molecule has 0 aliphatic heterocycles. The monoisotopic (exact) mass is 375 g/mol. The quantitative estimate of drug-likeness (QED) is 0.519. The fourth-order valence-corrected chi connectivity index (χ4v) is 3.36. The topological polar surface area (TPSA) is 72.0 Å². The van der Waals surface area contributed by atoms with Gasteiger partial charge in [0.15, 0.2) is 18.3 Å². The average molecular weight is 375 g/mol. The van der Waals surface area contributed by atoms with Crippen LogP contribution in [0.2, 0.25) is 0 Å². The van der Waals surface area contributed by atoms with Crippen molar-refractivity contribution in [3.63, 3.8) is 0 Å². The summed E-state index contributed by atoms with van der Waals surface area (Å²) in [5, 5.41) is 6.03. The number of furan rings is 2. The Hall–Kier alpha value is -3.31. The normalized spacial score (nSPS) is 13.3. The molecule has 28 heavy (non-hydrogen) atoms. The molecule has 2 aromatic carbocycles. The summed E-state index contributed by atoms with van der Waals surface area (Å²) in [4.78, 5) is 12.5. The van der Waals surface area contributed by atoms with E-state index < -0.39 is 0 Å². The molecule has 1 amide bonds. The third kappa shape index (κ3) is 4.00. The highest BCUT2D eigenvalue weighted by Crippen LogP contribution is 2.23. The predicted octanol–water partition coefficient (Wildman–Crippen LogP) is 3.56. The van der Waals surface area contributed by atoms with E-state index in [-0.39, 0.29) is 24.5 Å². The zero-order valence-electron chi connectivity index (χ0n) is 15.7. The molecule has 4 aromatic rings. The number of amides is 1. The van der Waals surface area contributed by atoms with E-state index in [1.807, 2.05) is 85.0 Å². The summed E-state index contributed by atoms with van der Waals surface area (Å²) in [6.07, 6.45) is 1.66. The van der Waals surface area contributed by atoms with Gasteiger partial charge in [0, 0.05) is 10.9 Å². The maximum absolute atomic E-state index is 12.5. The van der Waals surface area contributed by atoms with Crippen LogP contribution in [0.15, 0.2) is 87.9 Å². The van der Waals surface area contributed by atoms with Crippen LogP contribution in [0.5, 0.6) is 0 Å². The summed E-state index contributed by atoms with van der Waals surface area (Å²) < 4.78 is 11.4. The first-order valence-electron chi connectivity index (χ1n) is 9.40. The van der Waals surface area contributed by atoms with Gasteiger partial charge in [0.2, 0.25) is 0 Å². The molecule has 142 valence electrons. The Morgan fingerprint density at radius 2 is 1.79 bits per heavy atom. The summed E-state index contributed by atoms with van der Waals surface area (Å²) >= 11 is 0. The van der Waals surface area contributed by atoms with E-state index in [1.165, 1.54) is 0 Å². The fraction of sp³-hybridized carbons (Fsp3) is 0.174. The van der Waals surface area contributed by atoms with Crippen LogP contribution in [0.3, 0.4) is 0 Å². The molecule has 4 rings (SSSR count). The van der Waals surface area contributed by atoms with Crippen LogP contribution in [0.25, 0.3) is 11.0 Å². The van der Waals surface area contributed by atoms with Gasteiger partial charge in [-0.05, 0) is 31.2 Å². The highest BCUT2D eigenvalue weighted by molar-refractivity contribution is 5.79. The molecular formula is C23H23N2O3+. The second kappa shape index (κ2) is 8.15. The second-order valence-corrected chi connectivity index (χ2v) is 6.82. The van der Waals surface area contributed by atoms with Crippen molar-refractivity contribution in [2.24, 2.45) is 0 Å². The van der Waals surface area contributed by atoms with Crippen molar-refractivity contribution in [1.29, 1.82) is 0 Å². The molecule has 0 saturated carbocycles. The summed E-state index contributed by atoms with van der Waals surface area (Å²) in [5.41, 5.74) is 1.92. The van der Waals surface area contributed by atoms with E-state index in [0.717, 1.165) is 28.1 Å². The number of fused-ring (bicyclic) bond motifs is 1. The third-order valence-electron chi connectivity index (χ3n) is 4.80. The van der Waals surface area contributed by atoms with Gasteiger partial charge < -0.3 is 19.5 Å². The lowest BCUT2D eigenvalue weighted by atomic mass is 10.0. The first kappa shape index (κ1) is 18.1. The Morgan fingerprint density at radius 1 is 1.00 bits per heavy atom. The number of carbonyl (C=O) groups is 1. The van der Waals surface area contributed by atoms with Gasteiger partial charge in [0.25, 0.3) is 5.91 Å². The van der Waals surface area contributed by atoms with E-state index in [2.05, 4.69) is 5.32 Å². The highest BCUT2D eigenvalue weighted by atomic mass is 16.3. The number of para-hydroxylation sites is 1. The van der Waals surface area contributed by atoms with E-state index in [0.29, 0.717) is 0 Å². The average Bonchev–Trinajstić information content (AvgIpc) is 3.39. The Balaban J connectivity index is 1.41. The van der Waals surface area contributed by atoms with Crippen molar-refractivity contribution in [2.75, 3.05) is 6.54 Å². The van der Waals surface area contributed by atoms with Crippen LogP contribution in [0, 0.1) is 0 Å². The minimum Gasteiger partial charge on any atom is -0.463 e. The molecule has 0 fully saturated rings. The molecule has 3 N–H and O–H groups in total. The van der Waals surface area contributed by atoms with Crippen LogP contribution in [0.1, 0.15) is 36.1 Å². The Labute approximate surface area is 163 Å². The first-order chi connectivity index (χ1) is 13.7. The zero-order valence-corrected chi connectivity index (χ0v) is 15.7. The van der Waals surface area contributed by atoms with Gasteiger partial charge in [0.05, 0.1) is 12.3 Å². The number of benzene rings is 2. The number of nitrogens with one attached hydrogen (secondary N) is 1. The molecule has 2 atom stereocenters. The van der Waals surface area contributed by atoms with Crippen molar-refractivity contribution in [3.05, 3.63) is 96.1 Å². The van der Waals surface area contributed by atoms with Gasteiger partial charge in [-0.15, -0.1) is 0 Å². The maximum atomic E-state index is 12.5. The summed E-state index contributed by atoms with van der Waals surface area (Å²) in [5.74, 6) is 1.52. The Kier molecular flexibility index (Phi) is 5.26. The van der Waals surface area contributed by atoms with Crippen molar-refractivity contribution in [2.45, 2.75) is 19.0 Å². The predicted molar refractivity (Wildman–Crippen MR) is 107 cm³/mol. The summed E-state index contributed by atoms with van der Waals surface area (Å²) in [6, 6.07) is 23.4. The fourth-order valence-electron chi connectivity index (χ4n) is 3.36. The molecule has 2 heterocycles. The standard InChI is InChI=1S/C23H22N2O3/c1-16(21-14-18-10-5-6-11-19(18)28-21)25-22(26)15-24-23(20-12-7-13-27-20)17-8-3-2-4-9-17/h2-14,16,23-24H,15H2,1H3,(H,25,26)/p+1/t16-,23+/m0/s1. The second-order valence-electron chi connectivity index (χ2n) is 6.82. The smallest absolute Gasteiger partial charge is 0.275 e. The van der Waals surface area contributed by atoms with Crippen molar-refractivity contribution < 1.29 is 18.9 Å². The van der Waals surface area contributed by atoms with Crippen molar-refractivity contribution in [1.82, 2.24) is 5.32 Å². The minimum absolute atomic E-state index is 0.0551. The molecule has 0 saturated heterocycles. The Morgan fingerprint density at radius 3 is 2.54 bits per heavy atom. The summed E-state index contributed by atoms with van der Waals surface area (Å²) in [6.45, 7) is 2.21. The number of nitrogens with two attached hydrogens (primary N) is 1. The number of hydrogen-bond acceptors (Lipinski definition) is 3. The largest absolute Gasteiger partial charge is 0.463 e. The van der Waals surface area contributed by atoms with E-state index >= 15 is 0 Å². The molecule has 0 unspecified atom stereocenters. The summed E-state index contributed by atoms with van der Waals surface area (Å²) in [7, 11) is 0. The van der Waals surface area contributed by atoms with E-state index in [9.17, 15) is 4.79 Å². The molecule has 5 nitrogen and oxygen atoms in total. The van der Waals surface area contributed by atoms with Gasteiger partial charge in [-0.3, -0.25) is 4.79 Å². The molecule has 0 aliphatic rings. The maximum Gasteiger partial charge on any atom is 0.275 e.